The molecular weight excluding hydrogens is 546 g/mol. The zero-order valence-corrected chi connectivity index (χ0v) is 23.7. The topological polar surface area (TPSA) is 186 Å². The molecule has 12 nitrogen and oxygen atoms in total. The lowest BCUT2D eigenvalue weighted by atomic mass is 10.1. The predicted octanol–water partition coefficient (Wildman–Crippen LogP) is 2.39. The van der Waals surface area contributed by atoms with Crippen molar-refractivity contribution >= 4 is 24.3 Å². The number of aromatic hydroxyl groups is 1. The molecule has 0 spiro atoms. The number of rotatable bonds is 18. The van der Waals surface area contributed by atoms with Gasteiger partial charge in [-0.2, -0.15) is 0 Å². The normalized spacial score (nSPS) is 13.5. The zero-order valence-electron chi connectivity index (χ0n) is 23.7. The van der Waals surface area contributed by atoms with Gasteiger partial charge in [0.05, 0.1) is 19.3 Å². The van der Waals surface area contributed by atoms with E-state index in [0.29, 0.717) is 24.3 Å². The highest BCUT2D eigenvalue weighted by molar-refractivity contribution is 6.44. The van der Waals surface area contributed by atoms with Crippen LogP contribution in [0.5, 0.6) is 5.75 Å². The number of urea groups is 1. The smallest absolute Gasteiger partial charge is 0.331 e. The number of carboxylic acid groups (broad SMARTS) is 1. The molecule has 2 aromatic rings. The summed E-state index contributed by atoms with van der Waals surface area (Å²) in [7, 11) is 0. The lowest BCUT2D eigenvalue weighted by Gasteiger charge is -2.14. The van der Waals surface area contributed by atoms with Gasteiger partial charge in [-0.05, 0) is 67.5 Å². The van der Waals surface area contributed by atoms with E-state index in [1.807, 2.05) is 29.6 Å². The molecule has 3 rings (SSSR count). The Morgan fingerprint density at radius 1 is 0.952 bits per heavy atom. The molecule has 12 heteroatoms. The Labute approximate surface area is 245 Å². The van der Waals surface area contributed by atoms with Crippen molar-refractivity contribution in [1.29, 1.82) is 0 Å². The Morgan fingerprint density at radius 3 is 2.33 bits per heavy atom. The predicted molar refractivity (Wildman–Crippen MR) is 153 cm³/mol. The van der Waals surface area contributed by atoms with Crippen LogP contribution in [-0.4, -0.2) is 75.9 Å². The second-order valence-electron chi connectivity index (χ2n) is 9.83. The quantitative estimate of drug-likeness (QED) is 0.0655. The van der Waals surface area contributed by atoms with Crippen molar-refractivity contribution in [2.75, 3.05) is 26.3 Å². The first-order chi connectivity index (χ1) is 20.3. The van der Waals surface area contributed by atoms with E-state index >= 15 is 0 Å². The minimum absolute atomic E-state index is 0.0275. The highest BCUT2D eigenvalue weighted by atomic mass is 16.5. The molecule has 0 aromatic heterocycles. The number of aliphatic hydroxyl groups is 2. The van der Waals surface area contributed by atoms with Crippen molar-refractivity contribution in [3.8, 4) is 5.75 Å². The summed E-state index contributed by atoms with van der Waals surface area (Å²) in [6, 6.07) is 11.8. The number of imide groups is 2. The van der Waals surface area contributed by atoms with Crippen LogP contribution in [0.3, 0.4) is 0 Å². The molecule has 0 unspecified atom stereocenters. The van der Waals surface area contributed by atoms with Crippen LogP contribution in [0.2, 0.25) is 0 Å². The number of phenols is 1. The van der Waals surface area contributed by atoms with E-state index in [1.165, 1.54) is 6.07 Å². The molecule has 1 aliphatic rings. The number of carbonyl (C=O) groups excluding carboxylic acids is 3. The van der Waals surface area contributed by atoms with Crippen LogP contribution < -0.4 is 10.6 Å². The molecule has 0 saturated carbocycles. The molecule has 0 aliphatic carbocycles. The van der Waals surface area contributed by atoms with Crippen molar-refractivity contribution in [2.24, 2.45) is 0 Å². The number of carbonyl (C=O) groups is 4. The molecule has 4 amide bonds. The second kappa shape index (κ2) is 19.3. The SMILES string of the molecule is O=C1NC(=O)N(Cc2cccc(CCCCOCCCCCCNC[C@H](O)c3ccc(O)c(CO)c3)c2)C1=O.O=CO. The number of hydrogen-bond acceptors (Lipinski definition) is 9. The van der Waals surface area contributed by atoms with Gasteiger partial charge in [-0.15, -0.1) is 0 Å². The Morgan fingerprint density at radius 2 is 1.64 bits per heavy atom. The van der Waals surface area contributed by atoms with E-state index in [-0.39, 0.29) is 25.4 Å². The van der Waals surface area contributed by atoms with Gasteiger partial charge >= 0.3 is 17.8 Å². The monoisotopic (exact) mass is 587 g/mol. The van der Waals surface area contributed by atoms with Crippen molar-refractivity contribution in [2.45, 2.75) is 64.2 Å². The lowest BCUT2D eigenvalue weighted by Crippen LogP contribution is -2.30. The largest absolute Gasteiger partial charge is 0.508 e. The van der Waals surface area contributed by atoms with Gasteiger partial charge in [-0.1, -0.05) is 43.2 Å². The summed E-state index contributed by atoms with van der Waals surface area (Å²) in [4.78, 5) is 44.1. The van der Waals surface area contributed by atoms with Crippen LogP contribution >= 0.6 is 0 Å². The number of aliphatic hydroxyl groups excluding tert-OH is 2. The molecular formula is C30H41N3O9. The third-order valence-corrected chi connectivity index (χ3v) is 6.63. The molecule has 1 atom stereocenters. The summed E-state index contributed by atoms with van der Waals surface area (Å²) in [6.45, 7) is 2.23. The molecule has 1 saturated heterocycles. The van der Waals surface area contributed by atoms with Crippen LogP contribution in [0, 0.1) is 0 Å². The van der Waals surface area contributed by atoms with Crippen LogP contribution in [0.25, 0.3) is 0 Å². The number of ether oxygens (including phenoxy) is 1. The third kappa shape index (κ3) is 12.0. The number of benzene rings is 2. The van der Waals surface area contributed by atoms with E-state index in [0.717, 1.165) is 74.1 Å². The van der Waals surface area contributed by atoms with Crippen molar-refractivity contribution < 1.29 is 44.3 Å². The summed E-state index contributed by atoms with van der Waals surface area (Å²) in [5, 5.41) is 41.3. The second-order valence-corrected chi connectivity index (χ2v) is 9.83. The first-order valence-electron chi connectivity index (χ1n) is 14.0. The van der Waals surface area contributed by atoms with Crippen molar-refractivity contribution in [3.05, 3.63) is 64.7 Å². The van der Waals surface area contributed by atoms with Gasteiger partial charge in [0, 0.05) is 25.3 Å². The maximum Gasteiger partial charge on any atom is 0.331 e. The average molecular weight is 588 g/mol. The Bertz CT molecular complexity index is 1160. The van der Waals surface area contributed by atoms with Gasteiger partial charge in [0.15, 0.2) is 0 Å². The third-order valence-electron chi connectivity index (χ3n) is 6.63. The first-order valence-corrected chi connectivity index (χ1v) is 14.0. The zero-order chi connectivity index (χ0) is 30.7. The summed E-state index contributed by atoms with van der Waals surface area (Å²) < 4.78 is 5.75. The van der Waals surface area contributed by atoms with Crippen LogP contribution in [0.1, 0.15) is 66.9 Å². The maximum absolute atomic E-state index is 11.8. The van der Waals surface area contributed by atoms with Gasteiger partial charge < -0.3 is 30.5 Å². The summed E-state index contributed by atoms with van der Waals surface area (Å²) in [5.74, 6) is -1.68. The van der Waals surface area contributed by atoms with Gasteiger partial charge in [0.1, 0.15) is 5.75 Å². The lowest BCUT2D eigenvalue weighted by molar-refractivity contribution is -0.140. The summed E-state index contributed by atoms with van der Waals surface area (Å²) in [6.07, 6.45) is 6.26. The Kier molecular flexibility index (Phi) is 15.8. The highest BCUT2D eigenvalue weighted by Crippen LogP contribution is 2.22. The fourth-order valence-electron chi connectivity index (χ4n) is 4.38. The number of amides is 4. The summed E-state index contributed by atoms with van der Waals surface area (Å²) in [5.41, 5.74) is 3.00. The Balaban J connectivity index is 0.00000197. The molecule has 6 N–H and O–H groups in total. The van der Waals surface area contributed by atoms with Gasteiger partial charge in [-0.3, -0.25) is 24.6 Å². The molecule has 0 radical (unpaired) electrons. The number of hydrogen-bond donors (Lipinski definition) is 6. The molecule has 230 valence electrons. The Hall–Kier alpha value is -3.84. The summed E-state index contributed by atoms with van der Waals surface area (Å²) >= 11 is 0. The minimum atomic E-state index is -0.883. The number of aryl methyl sites for hydroxylation is 1. The minimum Gasteiger partial charge on any atom is -0.508 e. The van der Waals surface area contributed by atoms with Gasteiger partial charge in [-0.25, -0.2) is 4.79 Å². The molecule has 2 aromatic carbocycles. The van der Waals surface area contributed by atoms with E-state index in [9.17, 15) is 29.7 Å². The maximum atomic E-state index is 11.8. The van der Waals surface area contributed by atoms with Crippen LogP contribution in [-0.2, 0) is 38.7 Å². The molecule has 1 aliphatic heterocycles. The van der Waals surface area contributed by atoms with E-state index < -0.39 is 23.9 Å². The van der Waals surface area contributed by atoms with E-state index in [1.54, 1.807) is 12.1 Å². The van der Waals surface area contributed by atoms with Crippen molar-refractivity contribution in [3.63, 3.8) is 0 Å². The average Bonchev–Trinajstić information content (AvgIpc) is 3.21. The van der Waals surface area contributed by atoms with E-state index in [2.05, 4.69) is 5.32 Å². The molecule has 42 heavy (non-hydrogen) atoms. The highest BCUT2D eigenvalue weighted by Gasteiger charge is 2.36. The first kappa shape index (κ1) is 34.4. The van der Waals surface area contributed by atoms with Crippen LogP contribution in [0.15, 0.2) is 42.5 Å². The van der Waals surface area contributed by atoms with E-state index in [4.69, 9.17) is 14.6 Å². The molecule has 0 bridgehead atoms. The van der Waals surface area contributed by atoms with Crippen LogP contribution in [0.4, 0.5) is 4.79 Å². The number of unbranched alkanes of at least 4 members (excludes halogenated alkanes) is 4. The molecule has 1 heterocycles. The standard InChI is InChI=1S/C29H39N3O7.CH2O2/c33-20-24-17-23(11-12-25(24)34)26(35)18-30-13-4-1-2-5-14-39-15-6-3-8-21-9-7-10-22(16-21)19-32-28(37)27(36)31-29(32)38;2-1-3/h7,9-12,16-17,26,30,33-35H,1-6,8,13-15,18-20H2,(H,31,36,38);1H,(H,2,3)/t26-;/m0./s1. The van der Waals surface area contributed by atoms with Gasteiger partial charge in [0.2, 0.25) is 0 Å². The number of nitrogens with zero attached hydrogens (tertiary/aromatic N) is 1. The number of nitrogens with one attached hydrogen (secondary N) is 2. The fourth-order valence-corrected chi connectivity index (χ4v) is 4.38. The van der Waals surface area contributed by atoms with Crippen molar-refractivity contribution in [1.82, 2.24) is 15.5 Å². The fraction of sp³-hybridized carbons (Fsp3) is 0.467. The van der Waals surface area contributed by atoms with Gasteiger partial charge in [0.25, 0.3) is 6.47 Å². The molecule has 1 fully saturated rings.